The molecule has 0 aliphatic carbocycles. The quantitative estimate of drug-likeness (QED) is 0.823. The van der Waals surface area contributed by atoms with Crippen LogP contribution in [0.1, 0.15) is 24.8 Å². The van der Waals surface area contributed by atoms with Crippen LogP contribution in [0.5, 0.6) is 0 Å². The van der Waals surface area contributed by atoms with E-state index in [1.807, 2.05) is 23.1 Å². The van der Waals surface area contributed by atoms with Gasteiger partial charge in [0.1, 0.15) is 0 Å². The first kappa shape index (κ1) is 12.1. The van der Waals surface area contributed by atoms with Crippen molar-refractivity contribution in [3.8, 4) is 0 Å². The zero-order chi connectivity index (χ0) is 12.1. The van der Waals surface area contributed by atoms with Gasteiger partial charge in [0.15, 0.2) is 6.04 Å². The molecule has 0 saturated carbocycles. The van der Waals surface area contributed by atoms with Gasteiger partial charge in [-0.1, -0.05) is 30.3 Å². The normalized spacial score (nSPS) is 17.1. The fraction of sp³-hybridized carbons (Fsp3) is 0.500. The number of carbonyl (C=O) groups is 1. The van der Waals surface area contributed by atoms with Crippen LogP contribution in [0.15, 0.2) is 30.3 Å². The highest BCUT2D eigenvalue weighted by Gasteiger charge is 2.25. The van der Waals surface area contributed by atoms with E-state index in [9.17, 15) is 4.79 Å². The fourth-order valence-electron chi connectivity index (χ4n) is 2.30. The Kier molecular flexibility index (Phi) is 4.15. The van der Waals surface area contributed by atoms with Crippen LogP contribution < -0.4 is 5.73 Å². The Bertz CT molecular complexity index is 358. The van der Waals surface area contributed by atoms with Crippen molar-refractivity contribution >= 4 is 5.91 Å². The van der Waals surface area contributed by atoms with Crippen LogP contribution >= 0.6 is 0 Å². The lowest BCUT2D eigenvalue weighted by Gasteiger charge is -2.17. The SMILES string of the molecule is [NH3+][C@H](CCc1ccccc1)C(=O)N1CCCC1. The maximum absolute atomic E-state index is 12.0. The zero-order valence-corrected chi connectivity index (χ0v) is 10.3. The van der Waals surface area contributed by atoms with Crippen LogP contribution in [0.4, 0.5) is 0 Å². The summed E-state index contributed by atoms with van der Waals surface area (Å²) in [6.07, 6.45) is 4.09. The molecule has 1 fully saturated rings. The van der Waals surface area contributed by atoms with Gasteiger partial charge in [0, 0.05) is 19.5 Å². The highest BCUT2D eigenvalue weighted by atomic mass is 16.2. The number of carbonyl (C=O) groups excluding carboxylic acids is 1. The second-order valence-electron chi connectivity index (χ2n) is 4.75. The number of amides is 1. The molecule has 0 aromatic heterocycles. The van der Waals surface area contributed by atoms with Crippen LogP contribution in [0.3, 0.4) is 0 Å². The number of aryl methyl sites for hydroxylation is 1. The van der Waals surface area contributed by atoms with Crippen LogP contribution in [0.2, 0.25) is 0 Å². The van der Waals surface area contributed by atoms with Gasteiger partial charge in [0.25, 0.3) is 5.91 Å². The van der Waals surface area contributed by atoms with Gasteiger partial charge >= 0.3 is 0 Å². The molecule has 0 unspecified atom stereocenters. The lowest BCUT2D eigenvalue weighted by molar-refractivity contribution is -0.406. The van der Waals surface area contributed by atoms with E-state index in [0.717, 1.165) is 38.8 Å². The number of benzene rings is 1. The lowest BCUT2D eigenvalue weighted by atomic mass is 10.1. The summed E-state index contributed by atoms with van der Waals surface area (Å²) in [6.45, 7) is 1.85. The summed E-state index contributed by atoms with van der Waals surface area (Å²) in [6, 6.07) is 10.2. The molecule has 1 atom stereocenters. The van der Waals surface area contributed by atoms with Crippen LogP contribution in [0.25, 0.3) is 0 Å². The monoisotopic (exact) mass is 233 g/mol. The average molecular weight is 233 g/mol. The molecule has 1 aliphatic rings. The second kappa shape index (κ2) is 5.82. The van der Waals surface area contributed by atoms with Crippen LogP contribution in [-0.4, -0.2) is 29.9 Å². The molecule has 1 amide bonds. The van der Waals surface area contributed by atoms with Gasteiger partial charge in [-0.25, -0.2) is 0 Å². The first-order chi connectivity index (χ1) is 8.27. The van der Waals surface area contributed by atoms with E-state index in [1.165, 1.54) is 5.56 Å². The van der Waals surface area contributed by atoms with E-state index in [2.05, 4.69) is 17.9 Å². The van der Waals surface area contributed by atoms with Crippen molar-refractivity contribution in [2.24, 2.45) is 0 Å². The molecule has 1 saturated heterocycles. The van der Waals surface area contributed by atoms with Crippen molar-refractivity contribution in [1.82, 2.24) is 4.90 Å². The van der Waals surface area contributed by atoms with Gasteiger partial charge in [0.05, 0.1) is 0 Å². The highest BCUT2D eigenvalue weighted by molar-refractivity contribution is 5.80. The van der Waals surface area contributed by atoms with Gasteiger partial charge in [-0.15, -0.1) is 0 Å². The summed E-state index contributed by atoms with van der Waals surface area (Å²) in [5.41, 5.74) is 5.29. The van der Waals surface area contributed by atoms with Crippen molar-refractivity contribution in [3.05, 3.63) is 35.9 Å². The molecule has 0 bridgehead atoms. The third-order valence-electron chi connectivity index (χ3n) is 3.39. The largest absolute Gasteiger partial charge is 0.347 e. The Labute approximate surface area is 103 Å². The highest BCUT2D eigenvalue weighted by Crippen LogP contribution is 2.10. The van der Waals surface area contributed by atoms with E-state index in [-0.39, 0.29) is 11.9 Å². The van der Waals surface area contributed by atoms with Crippen molar-refractivity contribution in [3.63, 3.8) is 0 Å². The van der Waals surface area contributed by atoms with Crippen molar-refractivity contribution < 1.29 is 10.5 Å². The summed E-state index contributed by atoms with van der Waals surface area (Å²) in [7, 11) is 0. The molecule has 1 aromatic rings. The van der Waals surface area contributed by atoms with E-state index in [1.54, 1.807) is 0 Å². The lowest BCUT2D eigenvalue weighted by Crippen LogP contribution is -2.67. The Balaban J connectivity index is 1.80. The fourth-order valence-corrected chi connectivity index (χ4v) is 2.30. The number of likely N-dealkylation sites (tertiary alicyclic amines) is 1. The Morgan fingerprint density at radius 3 is 2.53 bits per heavy atom. The Morgan fingerprint density at radius 2 is 1.88 bits per heavy atom. The maximum atomic E-state index is 12.0. The third-order valence-corrected chi connectivity index (χ3v) is 3.39. The molecule has 1 heterocycles. The summed E-state index contributed by atoms with van der Waals surface area (Å²) in [4.78, 5) is 14.0. The van der Waals surface area contributed by atoms with Crippen LogP contribution in [-0.2, 0) is 11.2 Å². The Hall–Kier alpha value is -1.35. The predicted octanol–water partition coefficient (Wildman–Crippen LogP) is 0.852. The molecule has 3 nitrogen and oxygen atoms in total. The van der Waals surface area contributed by atoms with Crippen molar-refractivity contribution in [2.75, 3.05) is 13.1 Å². The molecule has 3 heteroatoms. The molecule has 0 spiro atoms. The minimum atomic E-state index is -0.0895. The van der Waals surface area contributed by atoms with Crippen LogP contribution in [0, 0.1) is 0 Å². The predicted molar refractivity (Wildman–Crippen MR) is 67.3 cm³/mol. The van der Waals surface area contributed by atoms with Gasteiger partial charge in [-0.2, -0.15) is 0 Å². The van der Waals surface area contributed by atoms with Gasteiger partial charge in [0.2, 0.25) is 0 Å². The number of hydrogen-bond acceptors (Lipinski definition) is 1. The summed E-state index contributed by atoms with van der Waals surface area (Å²) < 4.78 is 0. The topological polar surface area (TPSA) is 48.0 Å². The van der Waals surface area contributed by atoms with E-state index in [4.69, 9.17) is 0 Å². The average Bonchev–Trinajstić information content (AvgIpc) is 2.90. The van der Waals surface area contributed by atoms with Crippen molar-refractivity contribution in [1.29, 1.82) is 0 Å². The molecule has 92 valence electrons. The number of hydrogen-bond donors (Lipinski definition) is 1. The van der Waals surface area contributed by atoms with Gasteiger partial charge < -0.3 is 10.6 Å². The zero-order valence-electron chi connectivity index (χ0n) is 10.3. The molecule has 17 heavy (non-hydrogen) atoms. The van der Waals surface area contributed by atoms with E-state index >= 15 is 0 Å². The third kappa shape index (κ3) is 3.30. The van der Waals surface area contributed by atoms with Crippen molar-refractivity contribution in [2.45, 2.75) is 31.7 Å². The smallest absolute Gasteiger partial charge is 0.280 e. The van der Waals surface area contributed by atoms with E-state index < -0.39 is 0 Å². The molecule has 0 radical (unpaired) electrons. The standard InChI is InChI=1S/C14H20N2O/c15-13(14(17)16-10-4-5-11-16)9-8-12-6-2-1-3-7-12/h1-3,6-7,13H,4-5,8-11,15H2/p+1/t13-/m1/s1. The Morgan fingerprint density at radius 1 is 1.24 bits per heavy atom. The maximum Gasteiger partial charge on any atom is 0.280 e. The molecule has 2 rings (SSSR count). The second-order valence-corrected chi connectivity index (χ2v) is 4.75. The number of quaternary nitrogens is 1. The molecular weight excluding hydrogens is 212 g/mol. The molecule has 3 N–H and O–H groups in total. The summed E-state index contributed by atoms with van der Waals surface area (Å²) in [5, 5.41) is 0. The molecule has 1 aromatic carbocycles. The van der Waals surface area contributed by atoms with Gasteiger partial charge in [-0.3, -0.25) is 4.79 Å². The van der Waals surface area contributed by atoms with Gasteiger partial charge in [-0.05, 0) is 24.8 Å². The molecular formula is C14H21N2O+. The first-order valence-electron chi connectivity index (χ1n) is 6.43. The summed E-state index contributed by atoms with van der Waals surface area (Å²) in [5.74, 6) is 0.235. The number of nitrogens with zero attached hydrogens (tertiary/aromatic N) is 1. The van der Waals surface area contributed by atoms with E-state index in [0.29, 0.717) is 0 Å². The first-order valence-corrected chi connectivity index (χ1v) is 6.43. The minimum Gasteiger partial charge on any atom is -0.347 e. The summed E-state index contributed by atoms with van der Waals surface area (Å²) >= 11 is 0. The minimum absolute atomic E-state index is 0.0895. The molecule has 1 aliphatic heterocycles. The number of rotatable bonds is 4.